The van der Waals surface area contributed by atoms with Crippen molar-refractivity contribution in [1.82, 2.24) is 4.90 Å². The highest BCUT2D eigenvalue weighted by Gasteiger charge is 2.23. The zero-order valence-corrected chi connectivity index (χ0v) is 13.2. The Morgan fingerprint density at radius 1 is 1.23 bits per heavy atom. The molecule has 118 valence electrons. The number of rotatable bonds is 0. The number of amides is 1. The maximum atomic E-state index is 12.3. The monoisotopic (exact) mass is 303 g/mol. The maximum Gasteiger partial charge on any atom is 0.410 e. The summed E-state index contributed by atoms with van der Waals surface area (Å²) in [6.45, 7) is 6.20. The molecule has 0 spiro atoms. The van der Waals surface area contributed by atoms with Crippen LogP contribution in [-0.4, -0.2) is 29.1 Å². The fourth-order valence-electron chi connectivity index (χ4n) is 2.02. The number of fused-ring (bicyclic) bond motifs is 1. The van der Waals surface area contributed by atoms with E-state index in [4.69, 9.17) is 9.47 Å². The highest BCUT2D eigenvalue weighted by atomic mass is 16.6. The summed E-state index contributed by atoms with van der Waals surface area (Å²) < 4.78 is 10.8. The summed E-state index contributed by atoms with van der Waals surface area (Å²) >= 11 is 0. The number of hydrogen-bond donors (Lipinski definition) is 0. The molecule has 5 heteroatoms. The van der Waals surface area contributed by atoms with Gasteiger partial charge in [-0.2, -0.15) is 0 Å². The summed E-state index contributed by atoms with van der Waals surface area (Å²) in [5.74, 6) is 0.172. The minimum absolute atomic E-state index is 0.177. The van der Waals surface area contributed by atoms with Crippen LogP contribution in [0.4, 0.5) is 4.79 Å². The molecule has 22 heavy (non-hydrogen) atoms. The van der Waals surface area contributed by atoms with Crippen molar-refractivity contribution in [2.45, 2.75) is 39.3 Å². The lowest BCUT2D eigenvalue weighted by molar-refractivity contribution is -0.133. The summed E-state index contributed by atoms with van der Waals surface area (Å²) in [7, 11) is 0. The highest BCUT2D eigenvalue weighted by molar-refractivity contribution is 5.75. The first-order valence-electron chi connectivity index (χ1n) is 7.27. The number of ether oxygens (including phenoxy) is 2. The summed E-state index contributed by atoms with van der Waals surface area (Å²) in [6.07, 6.45) is 3.27. The first kappa shape index (κ1) is 16.1. The van der Waals surface area contributed by atoms with E-state index in [1.165, 1.54) is 0 Å². The number of carbonyl (C=O) groups is 2. The van der Waals surface area contributed by atoms with Gasteiger partial charge >= 0.3 is 12.1 Å². The van der Waals surface area contributed by atoms with Crippen LogP contribution in [0.2, 0.25) is 0 Å². The molecule has 0 N–H and O–H groups in total. The third-order valence-corrected chi connectivity index (χ3v) is 2.99. The minimum atomic E-state index is -0.553. The van der Waals surface area contributed by atoms with Gasteiger partial charge in [0.25, 0.3) is 0 Å². The smallest absolute Gasteiger partial charge is 0.410 e. The molecule has 1 heterocycles. The number of benzene rings is 1. The predicted octanol–water partition coefficient (Wildman–Crippen LogP) is 3.29. The highest BCUT2D eigenvalue weighted by Crippen LogP contribution is 2.22. The van der Waals surface area contributed by atoms with Crippen LogP contribution in [0.15, 0.2) is 36.4 Å². The molecule has 1 aromatic rings. The molecule has 0 bridgehead atoms. The van der Waals surface area contributed by atoms with Gasteiger partial charge in [-0.25, -0.2) is 4.79 Å². The number of hydrogen-bond acceptors (Lipinski definition) is 4. The lowest BCUT2D eigenvalue weighted by Gasteiger charge is -2.27. The lowest BCUT2D eigenvalue weighted by atomic mass is 10.1. The summed E-state index contributed by atoms with van der Waals surface area (Å²) in [5, 5.41) is 0. The summed E-state index contributed by atoms with van der Waals surface area (Å²) in [5.41, 5.74) is 0.222. The van der Waals surface area contributed by atoms with Gasteiger partial charge in [-0.05, 0) is 26.8 Å². The first-order chi connectivity index (χ1) is 10.3. The third kappa shape index (κ3) is 4.62. The Bertz CT molecular complexity index is 587. The Morgan fingerprint density at radius 3 is 2.68 bits per heavy atom. The molecule has 1 aliphatic heterocycles. The maximum absolute atomic E-state index is 12.3. The SMILES string of the molecule is CC(C)(C)OC(=O)N1C/C=C\CC(=O)Oc2ccccc2C1. The van der Waals surface area contributed by atoms with E-state index in [1.54, 1.807) is 29.2 Å². The van der Waals surface area contributed by atoms with Crippen molar-refractivity contribution in [3.05, 3.63) is 42.0 Å². The van der Waals surface area contributed by atoms with Crippen LogP contribution >= 0.6 is 0 Å². The normalized spacial score (nSPS) is 17.2. The van der Waals surface area contributed by atoms with Crippen LogP contribution in [-0.2, 0) is 16.1 Å². The Kier molecular flexibility index (Phi) is 4.85. The van der Waals surface area contributed by atoms with E-state index >= 15 is 0 Å². The fraction of sp³-hybridized carbons (Fsp3) is 0.412. The van der Waals surface area contributed by atoms with Crippen molar-refractivity contribution >= 4 is 12.1 Å². The topological polar surface area (TPSA) is 55.8 Å². The lowest BCUT2D eigenvalue weighted by Crippen LogP contribution is -2.36. The number of para-hydroxylation sites is 1. The molecule has 0 aromatic heterocycles. The minimum Gasteiger partial charge on any atom is -0.444 e. The van der Waals surface area contributed by atoms with Gasteiger partial charge in [-0.15, -0.1) is 0 Å². The first-order valence-corrected chi connectivity index (χ1v) is 7.27. The molecule has 0 unspecified atom stereocenters. The van der Waals surface area contributed by atoms with Crippen LogP contribution in [0.5, 0.6) is 5.75 Å². The molecular weight excluding hydrogens is 282 g/mol. The summed E-state index contributed by atoms with van der Waals surface area (Å²) in [6, 6.07) is 7.21. The molecule has 5 nitrogen and oxygen atoms in total. The van der Waals surface area contributed by atoms with E-state index < -0.39 is 5.60 Å². The number of nitrogens with zero attached hydrogens (tertiary/aromatic N) is 1. The molecule has 0 radical (unpaired) electrons. The molecule has 1 aliphatic rings. The van der Waals surface area contributed by atoms with E-state index in [0.29, 0.717) is 18.8 Å². The Balaban J connectivity index is 2.25. The average Bonchev–Trinajstić information content (AvgIpc) is 2.42. The molecule has 0 atom stereocenters. The van der Waals surface area contributed by atoms with Gasteiger partial charge in [-0.3, -0.25) is 4.79 Å². The second-order valence-electron chi connectivity index (χ2n) is 6.12. The summed E-state index contributed by atoms with van der Waals surface area (Å²) in [4.78, 5) is 25.6. The second kappa shape index (κ2) is 6.64. The van der Waals surface area contributed by atoms with Crippen molar-refractivity contribution in [3.8, 4) is 5.75 Å². The molecule has 0 fully saturated rings. The Hall–Kier alpha value is -2.30. The molecule has 0 aliphatic carbocycles. The standard InChI is InChI=1S/C17H21NO4/c1-17(2,3)22-16(20)18-11-7-6-10-15(19)21-14-9-5-4-8-13(14)12-18/h4-9H,10-12H2,1-3H3/b7-6-. The van der Waals surface area contributed by atoms with Crippen LogP contribution in [0, 0.1) is 0 Å². The van der Waals surface area contributed by atoms with E-state index in [0.717, 1.165) is 5.56 Å². The van der Waals surface area contributed by atoms with Crippen LogP contribution in [0.1, 0.15) is 32.8 Å². The molecule has 1 aromatic carbocycles. The van der Waals surface area contributed by atoms with Gasteiger partial charge in [0.1, 0.15) is 11.4 Å². The molecule has 0 saturated heterocycles. The average molecular weight is 303 g/mol. The molecule has 0 saturated carbocycles. The van der Waals surface area contributed by atoms with Gasteiger partial charge in [0.2, 0.25) is 0 Å². The fourth-order valence-corrected chi connectivity index (χ4v) is 2.02. The van der Waals surface area contributed by atoms with Crippen molar-refractivity contribution < 1.29 is 19.1 Å². The molecule has 2 rings (SSSR count). The van der Waals surface area contributed by atoms with Crippen molar-refractivity contribution in [2.24, 2.45) is 0 Å². The predicted molar refractivity (Wildman–Crippen MR) is 82.5 cm³/mol. The van der Waals surface area contributed by atoms with Gasteiger partial charge in [0.15, 0.2) is 0 Å². The van der Waals surface area contributed by atoms with Gasteiger partial charge in [-0.1, -0.05) is 30.4 Å². The number of esters is 1. The zero-order chi connectivity index (χ0) is 16.2. The van der Waals surface area contributed by atoms with Gasteiger partial charge < -0.3 is 14.4 Å². The zero-order valence-electron chi connectivity index (χ0n) is 13.2. The quantitative estimate of drug-likeness (QED) is 0.419. The third-order valence-electron chi connectivity index (χ3n) is 2.99. The van der Waals surface area contributed by atoms with Crippen LogP contribution in [0.25, 0.3) is 0 Å². The van der Waals surface area contributed by atoms with E-state index in [9.17, 15) is 9.59 Å². The van der Waals surface area contributed by atoms with Crippen LogP contribution < -0.4 is 4.74 Å². The molecule has 1 amide bonds. The van der Waals surface area contributed by atoms with Crippen molar-refractivity contribution in [2.75, 3.05) is 6.54 Å². The second-order valence-corrected chi connectivity index (χ2v) is 6.12. The van der Waals surface area contributed by atoms with Gasteiger partial charge in [0, 0.05) is 12.1 Å². The van der Waals surface area contributed by atoms with E-state index in [2.05, 4.69) is 0 Å². The van der Waals surface area contributed by atoms with Gasteiger partial charge in [0.05, 0.1) is 13.0 Å². The largest absolute Gasteiger partial charge is 0.444 e. The van der Waals surface area contributed by atoms with Crippen LogP contribution in [0.3, 0.4) is 0 Å². The van der Waals surface area contributed by atoms with E-state index in [1.807, 2.05) is 32.9 Å². The Labute approximate surface area is 130 Å². The number of carbonyl (C=O) groups excluding carboxylic acids is 2. The van der Waals surface area contributed by atoms with Crippen molar-refractivity contribution in [1.29, 1.82) is 0 Å². The van der Waals surface area contributed by atoms with Crippen molar-refractivity contribution in [3.63, 3.8) is 0 Å². The Morgan fingerprint density at radius 2 is 1.95 bits per heavy atom. The molecular formula is C17H21NO4. The van der Waals surface area contributed by atoms with E-state index in [-0.39, 0.29) is 18.5 Å².